The molecule has 128 valence electrons. The zero-order valence-corrected chi connectivity index (χ0v) is 14.1. The van der Waals surface area contributed by atoms with Gasteiger partial charge in [0, 0.05) is 12.7 Å². The Kier molecular flexibility index (Phi) is 5.88. The third-order valence-electron chi connectivity index (χ3n) is 3.32. The van der Waals surface area contributed by atoms with Crippen LogP contribution in [-0.4, -0.2) is 19.4 Å². The van der Waals surface area contributed by atoms with Crippen LogP contribution in [0.4, 0.5) is 4.79 Å². The summed E-state index contributed by atoms with van der Waals surface area (Å²) in [7, 11) is -3.54. The molecule has 0 saturated carbocycles. The van der Waals surface area contributed by atoms with Crippen LogP contribution in [0, 0.1) is 0 Å². The van der Waals surface area contributed by atoms with Crippen LogP contribution in [0.1, 0.15) is 29.8 Å². The van der Waals surface area contributed by atoms with E-state index in [9.17, 15) is 13.2 Å². The van der Waals surface area contributed by atoms with Gasteiger partial charge in [0.05, 0.1) is 17.5 Å². The maximum atomic E-state index is 11.9. The second-order valence-electron chi connectivity index (χ2n) is 5.43. The van der Waals surface area contributed by atoms with Crippen LogP contribution in [0.3, 0.4) is 0 Å². The minimum Gasteiger partial charge on any atom is -0.334 e. The van der Waals surface area contributed by atoms with Gasteiger partial charge in [0.2, 0.25) is 10.0 Å². The van der Waals surface area contributed by atoms with Gasteiger partial charge in [-0.05, 0) is 30.2 Å². The van der Waals surface area contributed by atoms with Crippen molar-refractivity contribution in [2.45, 2.75) is 25.3 Å². The van der Waals surface area contributed by atoms with E-state index in [0.717, 1.165) is 11.3 Å². The van der Waals surface area contributed by atoms with Crippen LogP contribution in [0.15, 0.2) is 48.7 Å². The Bertz CT molecular complexity index is 777. The van der Waals surface area contributed by atoms with Gasteiger partial charge < -0.3 is 10.6 Å². The number of nitrogens with one attached hydrogen (secondary N) is 2. The molecule has 2 aromatic rings. The van der Waals surface area contributed by atoms with E-state index in [1.807, 2.05) is 25.1 Å². The summed E-state index contributed by atoms with van der Waals surface area (Å²) in [5, 5.41) is 10.5. The van der Waals surface area contributed by atoms with Crippen LogP contribution in [0.2, 0.25) is 0 Å². The van der Waals surface area contributed by atoms with Gasteiger partial charge in [-0.15, -0.1) is 0 Å². The standard InChI is InChI=1S/C16H20N4O3S/c1-12(15-4-2-3-9-18-15)20-16(21)19-10-13-5-7-14(8-6-13)11-24(17,22)23/h2-9,12H,10-11H2,1H3,(H2,17,22,23)(H2,19,20,21)/t12-/m0/s1. The van der Waals surface area contributed by atoms with Crippen molar-refractivity contribution in [2.24, 2.45) is 5.14 Å². The number of amides is 2. The van der Waals surface area contributed by atoms with Crippen molar-refractivity contribution >= 4 is 16.1 Å². The molecule has 0 unspecified atom stereocenters. The van der Waals surface area contributed by atoms with Gasteiger partial charge in [-0.25, -0.2) is 18.4 Å². The SMILES string of the molecule is C[C@H](NC(=O)NCc1ccc(CS(N)(=O)=O)cc1)c1ccccn1. The van der Waals surface area contributed by atoms with Gasteiger partial charge in [-0.2, -0.15) is 0 Å². The molecule has 0 fully saturated rings. The van der Waals surface area contributed by atoms with Crippen molar-refractivity contribution in [1.82, 2.24) is 15.6 Å². The number of pyridine rings is 1. The molecule has 2 rings (SSSR count). The van der Waals surface area contributed by atoms with Gasteiger partial charge in [-0.3, -0.25) is 4.98 Å². The molecule has 0 radical (unpaired) electrons. The van der Waals surface area contributed by atoms with Gasteiger partial charge in [0.25, 0.3) is 0 Å². The van der Waals surface area contributed by atoms with E-state index in [1.165, 1.54) is 0 Å². The molecule has 0 saturated heterocycles. The zero-order chi connectivity index (χ0) is 17.6. The predicted molar refractivity (Wildman–Crippen MR) is 91.3 cm³/mol. The summed E-state index contributed by atoms with van der Waals surface area (Å²) in [6.45, 7) is 2.18. The smallest absolute Gasteiger partial charge is 0.315 e. The quantitative estimate of drug-likeness (QED) is 0.732. The number of sulfonamides is 1. The molecule has 0 aliphatic rings. The molecular formula is C16H20N4O3S. The maximum absolute atomic E-state index is 11.9. The monoisotopic (exact) mass is 348 g/mol. The average molecular weight is 348 g/mol. The van der Waals surface area contributed by atoms with Crippen LogP contribution in [0.25, 0.3) is 0 Å². The fourth-order valence-corrected chi connectivity index (χ4v) is 2.78. The molecule has 7 nitrogen and oxygen atoms in total. The molecule has 24 heavy (non-hydrogen) atoms. The van der Waals surface area contributed by atoms with Gasteiger partial charge in [0.1, 0.15) is 0 Å². The van der Waals surface area contributed by atoms with Gasteiger partial charge in [0.15, 0.2) is 0 Å². The van der Waals surface area contributed by atoms with E-state index in [2.05, 4.69) is 15.6 Å². The maximum Gasteiger partial charge on any atom is 0.315 e. The van der Waals surface area contributed by atoms with Gasteiger partial charge >= 0.3 is 6.03 Å². The van der Waals surface area contributed by atoms with Gasteiger partial charge in [-0.1, -0.05) is 30.3 Å². The Morgan fingerprint density at radius 2 is 1.83 bits per heavy atom. The number of hydrogen-bond donors (Lipinski definition) is 3. The van der Waals surface area contributed by atoms with Crippen molar-refractivity contribution < 1.29 is 13.2 Å². The highest BCUT2D eigenvalue weighted by Gasteiger charge is 2.10. The van der Waals surface area contributed by atoms with E-state index in [4.69, 9.17) is 5.14 Å². The third-order valence-corrected chi connectivity index (χ3v) is 4.06. The third kappa shape index (κ3) is 5.98. The minimum absolute atomic E-state index is 0.205. The zero-order valence-electron chi connectivity index (χ0n) is 13.3. The summed E-state index contributed by atoms with van der Waals surface area (Å²) in [5.41, 5.74) is 2.24. The number of urea groups is 1. The Hall–Kier alpha value is -2.45. The highest BCUT2D eigenvalue weighted by Crippen LogP contribution is 2.08. The molecular weight excluding hydrogens is 328 g/mol. The van der Waals surface area contributed by atoms with Crippen molar-refractivity contribution in [3.8, 4) is 0 Å². The number of nitrogens with two attached hydrogens (primary N) is 1. The molecule has 1 heterocycles. The molecule has 4 N–H and O–H groups in total. The summed E-state index contributed by atoms with van der Waals surface area (Å²) >= 11 is 0. The first-order valence-electron chi connectivity index (χ1n) is 7.37. The number of aromatic nitrogens is 1. The summed E-state index contributed by atoms with van der Waals surface area (Å²) < 4.78 is 22.1. The number of hydrogen-bond acceptors (Lipinski definition) is 4. The van der Waals surface area contributed by atoms with Crippen LogP contribution < -0.4 is 15.8 Å². The fourth-order valence-electron chi connectivity index (χ4n) is 2.12. The molecule has 1 atom stereocenters. The molecule has 8 heteroatoms. The normalized spacial score (nSPS) is 12.4. The topological polar surface area (TPSA) is 114 Å². The largest absolute Gasteiger partial charge is 0.334 e. The average Bonchev–Trinajstić information content (AvgIpc) is 2.53. The van der Waals surface area contributed by atoms with Crippen molar-refractivity contribution in [3.05, 3.63) is 65.5 Å². The Labute approximate surface area is 141 Å². The predicted octanol–water partition coefficient (Wildman–Crippen LogP) is 1.43. The first-order valence-corrected chi connectivity index (χ1v) is 9.08. The molecule has 1 aromatic carbocycles. The minimum atomic E-state index is -3.54. The van der Waals surface area contributed by atoms with E-state index < -0.39 is 10.0 Å². The summed E-state index contributed by atoms with van der Waals surface area (Å²) in [6, 6.07) is 11.9. The van der Waals surface area contributed by atoms with E-state index in [-0.39, 0.29) is 17.8 Å². The van der Waals surface area contributed by atoms with Crippen LogP contribution >= 0.6 is 0 Å². The molecule has 0 bridgehead atoms. The molecule has 1 aromatic heterocycles. The number of carbonyl (C=O) groups excluding carboxylic acids is 1. The molecule has 0 spiro atoms. The molecule has 0 aliphatic carbocycles. The summed E-state index contributed by atoms with van der Waals surface area (Å²) in [5.74, 6) is -0.206. The summed E-state index contributed by atoms with van der Waals surface area (Å²) in [6.07, 6.45) is 1.68. The number of primary sulfonamides is 1. The first-order chi connectivity index (χ1) is 11.3. The van der Waals surface area contributed by atoms with E-state index in [0.29, 0.717) is 12.1 Å². The van der Waals surface area contributed by atoms with E-state index in [1.54, 1.807) is 30.5 Å². The van der Waals surface area contributed by atoms with Crippen LogP contribution in [-0.2, 0) is 22.3 Å². The lowest BCUT2D eigenvalue weighted by Gasteiger charge is -2.14. The lowest BCUT2D eigenvalue weighted by molar-refractivity contribution is 0.237. The lowest BCUT2D eigenvalue weighted by atomic mass is 10.1. The highest BCUT2D eigenvalue weighted by atomic mass is 32.2. The second kappa shape index (κ2) is 7.89. The van der Waals surface area contributed by atoms with E-state index >= 15 is 0 Å². The molecule has 0 aliphatic heterocycles. The highest BCUT2D eigenvalue weighted by molar-refractivity contribution is 7.88. The Balaban J connectivity index is 1.83. The number of nitrogens with zero attached hydrogens (tertiary/aromatic N) is 1. The number of carbonyl (C=O) groups is 1. The van der Waals surface area contributed by atoms with Crippen molar-refractivity contribution in [1.29, 1.82) is 0 Å². The van der Waals surface area contributed by atoms with Crippen LogP contribution in [0.5, 0.6) is 0 Å². The Morgan fingerprint density at radius 3 is 2.42 bits per heavy atom. The number of benzene rings is 1. The van der Waals surface area contributed by atoms with Crippen molar-refractivity contribution in [3.63, 3.8) is 0 Å². The first kappa shape index (κ1) is 17.9. The Morgan fingerprint density at radius 1 is 1.17 bits per heavy atom. The molecule has 2 amide bonds. The lowest BCUT2D eigenvalue weighted by Crippen LogP contribution is -2.36. The second-order valence-corrected chi connectivity index (χ2v) is 7.04. The fraction of sp³-hybridized carbons (Fsp3) is 0.250. The number of rotatable bonds is 6. The van der Waals surface area contributed by atoms with Crippen molar-refractivity contribution in [2.75, 3.05) is 0 Å². The summed E-state index contributed by atoms with van der Waals surface area (Å²) in [4.78, 5) is 16.1.